The number of rotatable bonds is 7. The normalized spacial score (nSPS) is 26.3. The van der Waals surface area contributed by atoms with Gasteiger partial charge in [0.25, 0.3) is 0 Å². The zero-order valence-corrected chi connectivity index (χ0v) is 39.5. The van der Waals surface area contributed by atoms with Crippen LogP contribution in [0, 0.1) is 34.5 Å². The molecule has 0 amide bonds. The Hall–Kier alpha value is -4.44. The number of phenols is 2. The van der Waals surface area contributed by atoms with Gasteiger partial charge in [-0.15, -0.1) is 5.76 Å². The second kappa shape index (κ2) is 20.6. The minimum atomic E-state index is -0.778. The Morgan fingerprint density at radius 3 is 2.63 bits per heavy atom. The van der Waals surface area contributed by atoms with E-state index in [4.69, 9.17) is 16.2 Å². The highest BCUT2D eigenvalue weighted by atomic mass is 33.1. The number of benzene rings is 3. The van der Waals surface area contributed by atoms with Crippen LogP contribution in [0.15, 0.2) is 89.3 Å². The Kier molecular flexibility index (Phi) is 14.9. The summed E-state index contributed by atoms with van der Waals surface area (Å²) in [5, 5.41) is 48.7. The quantitative estimate of drug-likeness (QED) is 0.0665. The average molecular weight is 915 g/mol. The molecule has 5 aliphatic rings. The van der Waals surface area contributed by atoms with Gasteiger partial charge in [-0.25, -0.2) is 0 Å². The summed E-state index contributed by atoms with van der Waals surface area (Å²) in [5.41, 5.74) is 19.2. The van der Waals surface area contributed by atoms with E-state index in [0.29, 0.717) is 77.9 Å². The van der Waals surface area contributed by atoms with Gasteiger partial charge in [-0.3, -0.25) is 9.79 Å². The summed E-state index contributed by atoms with van der Waals surface area (Å²) in [7, 11) is 3.48. The Morgan fingerprint density at radius 1 is 1.00 bits per heavy atom. The van der Waals surface area contributed by atoms with E-state index in [-0.39, 0.29) is 46.9 Å². The highest BCUT2D eigenvalue weighted by Gasteiger charge is 2.59. The Morgan fingerprint density at radius 2 is 1.82 bits per heavy atom. The number of hydrogen-bond donors (Lipinski definition) is 5. The number of carbonyl (C=O) groups excluding carboxylic acids is 1. The molecule has 6 atom stereocenters. The van der Waals surface area contributed by atoms with E-state index in [9.17, 15) is 25.2 Å². The van der Waals surface area contributed by atoms with Crippen LogP contribution in [0.4, 0.5) is 0 Å². The van der Waals surface area contributed by atoms with Gasteiger partial charge in [0, 0.05) is 53.0 Å². The standard InChI is InChI=1S/C54H65N3O6S2/c1-3-4-5-7-34(2)24-39-16-20-54-32-53(39,30-51(54)62)21-17-40(58)13-10-35-12-15-48(60)50(26-35)63-23-19-36-11-14-47(59)45(25-36)44-29-49(61)41-18-22-57-46(41)9-6-8-37-27-43(52(55)56)38(28-42(37)44)31-64-65-33-54/h11-12,14-15,17-18,21-22,25-28,34,39,44,51-52,59-62H,3-5,7,9-10,13,16,19-20,23-24,29-33,55-56H2,1-2H3/p-1. The van der Waals surface area contributed by atoms with E-state index in [0.717, 1.165) is 59.3 Å². The second-order valence-corrected chi connectivity index (χ2v) is 21.8. The number of allylic oxidation sites excluding steroid dienone is 5. The molecule has 6 unspecified atom stereocenters. The van der Waals surface area contributed by atoms with Crippen molar-refractivity contribution in [1.29, 1.82) is 0 Å². The number of nitrogens with two attached hydrogens (primary N) is 2. The molecule has 2 heterocycles. The maximum atomic E-state index is 14.2. The first-order chi connectivity index (χ1) is 31.4. The molecule has 2 fully saturated rings. The van der Waals surface area contributed by atoms with Crippen molar-refractivity contribution < 1.29 is 30.0 Å². The van der Waals surface area contributed by atoms with Crippen molar-refractivity contribution in [3.63, 3.8) is 0 Å². The van der Waals surface area contributed by atoms with Crippen molar-refractivity contribution in [2.24, 2.45) is 39.1 Å². The van der Waals surface area contributed by atoms with Crippen LogP contribution >= 0.6 is 21.6 Å². The molecule has 3 aromatic carbocycles. The lowest BCUT2D eigenvalue weighted by Crippen LogP contribution is -2.38. The summed E-state index contributed by atoms with van der Waals surface area (Å²) in [4.78, 5) is 18.1. The number of aliphatic hydroxyl groups is 1. The number of fused-ring (bicyclic) bond motifs is 7. The minimum Gasteiger partial charge on any atom is -0.875 e. The lowest BCUT2D eigenvalue weighted by atomic mass is 9.61. The fourth-order valence-corrected chi connectivity index (χ4v) is 13.9. The Labute approximate surface area is 392 Å². The topological polar surface area (TPSA) is 174 Å². The number of hydrogen-bond acceptors (Lipinski definition) is 11. The number of unbranched alkanes of at least 4 members (excludes halogenated alkanes) is 2. The molecule has 11 heteroatoms. The molecule has 9 nitrogen and oxygen atoms in total. The van der Waals surface area contributed by atoms with E-state index in [2.05, 4.69) is 42.8 Å². The van der Waals surface area contributed by atoms with Crippen LogP contribution < -0.4 is 21.3 Å². The van der Waals surface area contributed by atoms with E-state index in [1.165, 1.54) is 25.7 Å². The number of phenolic OH excluding ortho intramolecular Hbond substituents is 2. The van der Waals surface area contributed by atoms with Crippen molar-refractivity contribution in [1.82, 2.24) is 0 Å². The van der Waals surface area contributed by atoms with E-state index in [1.807, 2.05) is 24.3 Å². The van der Waals surface area contributed by atoms with Gasteiger partial charge in [0.05, 0.1) is 31.0 Å². The van der Waals surface area contributed by atoms with E-state index >= 15 is 0 Å². The van der Waals surface area contributed by atoms with Gasteiger partial charge in [0.2, 0.25) is 0 Å². The van der Waals surface area contributed by atoms with Crippen molar-refractivity contribution in [3.05, 3.63) is 123 Å². The smallest absolute Gasteiger partial charge is 0.161 e. The third kappa shape index (κ3) is 10.6. The van der Waals surface area contributed by atoms with Gasteiger partial charge in [0.15, 0.2) is 17.3 Å². The molecule has 8 rings (SSSR count). The summed E-state index contributed by atoms with van der Waals surface area (Å²) in [6.07, 6.45) is 17.2. The van der Waals surface area contributed by atoms with Crippen LogP contribution in [0.1, 0.15) is 142 Å². The molecule has 0 saturated heterocycles. The van der Waals surface area contributed by atoms with Gasteiger partial charge in [0.1, 0.15) is 5.75 Å². The molecule has 65 heavy (non-hydrogen) atoms. The highest BCUT2D eigenvalue weighted by molar-refractivity contribution is 8.76. The Bertz CT molecular complexity index is 2450. The van der Waals surface area contributed by atoms with Crippen molar-refractivity contribution in [2.45, 2.75) is 128 Å². The molecule has 3 aliphatic carbocycles. The molecular formula is C54H64N3O6S2-. The molecule has 0 radical (unpaired) electrons. The SMILES string of the molecule is CCCCCC(C)CC1CCC23CSSCc4cc5c(cc4C(N)N)C#CCC4=NC=CC4=C([O-])CC5c4cc(ccc4O)CCOc4cc(ccc4O)CCC(=O)C=CC1(CC2O)C3. The fraction of sp³-hybridized carbons (Fsp3) is 0.481. The zero-order chi connectivity index (χ0) is 45.7. The maximum Gasteiger partial charge on any atom is 0.161 e. The summed E-state index contributed by atoms with van der Waals surface area (Å²) in [6, 6.07) is 14.7. The third-order valence-corrected chi connectivity index (χ3v) is 17.3. The number of aliphatic hydroxyl groups excluding tert-OH is 1. The first kappa shape index (κ1) is 47.1. The summed E-state index contributed by atoms with van der Waals surface area (Å²) in [5.74, 6) is 8.76. The molecule has 0 aromatic heterocycles. The first-order valence-electron chi connectivity index (χ1n) is 23.6. The van der Waals surface area contributed by atoms with Crippen LogP contribution in [-0.2, 0) is 23.4 Å². The first-order valence-corrected chi connectivity index (χ1v) is 26.1. The molecule has 7 N–H and O–H groups in total. The number of ketones is 1. The van der Waals surface area contributed by atoms with Crippen LogP contribution in [-0.4, -0.2) is 45.3 Å². The van der Waals surface area contributed by atoms with Gasteiger partial charge in [-0.2, -0.15) is 0 Å². The summed E-state index contributed by atoms with van der Waals surface area (Å²) >= 11 is 0. The Balaban J connectivity index is 1.17. The van der Waals surface area contributed by atoms with Crippen LogP contribution in [0.2, 0.25) is 0 Å². The summed E-state index contributed by atoms with van der Waals surface area (Å²) < 4.78 is 6.17. The average Bonchev–Trinajstić information content (AvgIpc) is 3.85. The highest BCUT2D eigenvalue weighted by Crippen LogP contribution is 2.64. The molecule has 3 aromatic rings. The zero-order valence-electron chi connectivity index (χ0n) is 37.8. The molecule has 8 bridgehead atoms. The molecular weight excluding hydrogens is 851 g/mol. The number of aromatic hydroxyl groups is 2. The van der Waals surface area contributed by atoms with Crippen molar-refractivity contribution in [2.75, 3.05) is 12.4 Å². The predicted octanol–water partition coefficient (Wildman–Crippen LogP) is 9.59. The van der Waals surface area contributed by atoms with Crippen LogP contribution in [0.3, 0.4) is 0 Å². The minimum absolute atomic E-state index is 0.0150. The van der Waals surface area contributed by atoms with Crippen molar-refractivity contribution in [3.8, 4) is 29.1 Å². The lowest BCUT2D eigenvalue weighted by molar-refractivity contribution is -0.307. The largest absolute Gasteiger partial charge is 0.875 e. The third-order valence-electron chi connectivity index (χ3n) is 14.8. The maximum absolute atomic E-state index is 14.2. The monoisotopic (exact) mass is 914 g/mol. The fourth-order valence-electron chi connectivity index (χ4n) is 11.1. The number of aliphatic imine (C=N–C) groups is 1. The second-order valence-electron chi connectivity index (χ2n) is 19.3. The lowest BCUT2D eigenvalue weighted by Gasteiger charge is -2.45. The summed E-state index contributed by atoms with van der Waals surface area (Å²) in [6.45, 7) is 4.85. The van der Waals surface area contributed by atoms with E-state index < -0.39 is 18.2 Å². The number of aryl methyl sites for hydroxylation is 1. The van der Waals surface area contributed by atoms with Gasteiger partial charge >= 0.3 is 0 Å². The number of nitrogens with zero attached hydrogens (tertiary/aromatic N) is 1. The van der Waals surface area contributed by atoms with Crippen molar-refractivity contribution >= 4 is 33.1 Å². The van der Waals surface area contributed by atoms with Crippen LogP contribution in [0.5, 0.6) is 17.2 Å². The number of ether oxygens (including phenoxy) is 1. The van der Waals surface area contributed by atoms with E-state index in [1.54, 1.807) is 58.1 Å². The van der Waals surface area contributed by atoms with Gasteiger partial charge in [-0.05, 0) is 132 Å². The molecule has 2 saturated carbocycles. The van der Waals surface area contributed by atoms with Gasteiger partial charge in [-0.1, -0.05) is 103 Å². The molecule has 2 aliphatic heterocycles. The van der Waals surface area contributed by atoms with Crippen LogP contribution in [0.25, 0.3) is 0 Å². The predicted molar refractivity (Wildman–Crippen MR) is 262 cm³/mol. The number of carbonyl (C=O) groups is 1. The molecule has 0 spiro atoms. The molecule has 344 valence electrons. The van der Waals surface area contributed by atoms with Gasteiger partial charge < -0.3 is 36.6 Å².